The topological polar surface area (TPSA) is 38.9 Å². The van der Waals surface area contributed by atoms with Gasteiger partial charge in [-0.3, -0.25) is 0 Å². The molecule has 0 atom stereocenters. The van der Waals surface area contributed by atoms with Crippen LogP contribution in [-0.2, 0) is 0 Å². The van der Waals surface area contributed by atoms with Gasteiger partial charge < -0.3 is 4.42 Å². The Hall–Kier alpha value is -0.0700. The van der Waals surface area contributed by atoms with Crippen LogP contribution in [0.15, 0.2) is 10.5 Å². The van der Waals surface area contributed by atoms with E-state index < -0.39 is 0 Å². The van der Waals surface area contributed by atoms with E-state index in [9.17, 15) is 0 Å². The fourth-order valence-electron chi connectivity index (χ4n) is 0.822. The van der Waals surface area contributed by atoms with Crippen LogP contribution in [0, 0.1) is 3.57 Å². The molecule has 12 heavy (non-hydrogen) atoms. The zero-order valence-electron chi connectivity index (χ0n) is 5.51. The number of aromatic nitrogens is 2. The third kappa shape index (κ3) is 1.38. The molecule has 0 aliphatic rings. The van der Waals surface area contributed by atoms with Gasteiger partial charge in [0.1, 0.15) is 5.15 Å². The summed E-state index contributed by atoms with van der Waals surface area (Å²) in [5.41, 5.74) is 1.02. The van der Waals surface area contributed by atoms with Crippen LogP contribution >= 0.6 is 45.8 Å². The van der Waals surface area contributed by atoms with Crippen LogP contribution in [0.2, 0.25) is 10.5 Å². The molecule has 0 fully saturated rings. The Morgan fingerprint density at radius 1 is 1.33 bits per heavy atom. The third-order valence-corrected chi connectivity index (χ3v) is 2.42. The zero-order valence-corrected chi connectivity index (χ0v) is 9.18. The van der Waals surface area contributed by atoms with Crippen LogP contribution < -0.4 is 0 Å². The van der Waals surface area contributed by atoms with E-state index in [-0.39, 0.29) is 5.35 Å². The first-order valence-electron chi connectivity index (χ1n) is 2.95. The molecule has 0 aliphatic carbocycles. The predicted molar refractivity (Wildman–Crippen MR) is 54.5 cm³/mol. The molecule has 2 heterocycles. The predicted octanol–water partition coefficient (Wildman–Crippen LogP) is 3.13. The molecule has 0 aromatic carbocycles. The quantitative estimate of drug-likeness (QED) is 0.554. The van der Waals surface area contributed by atoms with Crippen molar-refractivity contribution in [1.29, 1.82) is 0 Å². The molecule has 62 valence electrons. The second-order valence-electron chi connectivity index (χ2n) is 2.05. The maximum absolute atomic E-state index is 5.69. The maximum Gasteiger partial charge on any atom is 0.294 e. The van der Waals surface area contributed by atoms with Crippen LogP contribution in [0.25, 0.3) is 11.2 Å². The van der Waals surface area contributed by atoms with E-state index in [0.717, 1.165) is 3.57 Å². The highest BCUT2D eigenvalue weighted by Gasteiger charge is 2.09. The summed E-state index contributed by atoms with van der Waals surface area (Å²) in [6.07, 6.45) is 0. The molecule has 0 saturated carbocycles. The summed E-state index contributed by atoms with van der Waals surface area (Å²) < 4.78 is 5.93. The summed E-state index contributed by atoms with van der Waals surface area (Å²) in [6, 6.07) is 1.69. The van der Waals surface area contributed by atoms with Crippen molar-refractivity contribution in [2.24, 2.45) is 0 Å². The number of pyridine rings is 1. The molecular weight excluding hydrogens is 314 g/mol. The highest BCUT2D eigenvalue weighted by atomic mass is 127. The number of nitrogens with zero attached hydrogens (tertiary/aromatic N) is 2. The average Bonchev–Trinajstić information content (AvgIpc) is 2.29. The van der Waals surface area contributed by atoms with Crippen molar-refractivity contribution >= 4 is 57.0 Å². The van der Waals surface area contributed by atoms with Gasteiger partial charge >= 0.3 is 0 Å². The van der Waals surface area contributed by atoms with Gasteiger partial charge in [0.25, 0.3) is 5.35 Å². The summed E-state index contributed by atoms with van der Waals surface area (Å²) in [4.78, 5) is 7.76. The van der Waals surface area contributed by atoms with Gasteiger partial charge in [0.2, 0.25) is 5.65 Å². The molecular formula is C6HCl2IN2O. The highest BCUT2D eigenvalue weighted by Crippen LogP contribution is 2.24. The maximum atomic E-state index is 5.69. The Morgan fingerprint density at radius 2 is 2.08 bits per heavy atom. The van der Waals surface area contributed by atoms with E-state index >= 15 is 0 Å². The van der Waals surface area contributed by atoms with Gasteiger partial charge in [0, 0.05) is 0 Å². The summed E-state index contributed by atoms with van der Waals surface area (Å²) in [5, 5.41) is 0.467. The Labute approximate surface area is 91.2 Å². The van der Waals surface area contributed by atoms with Crippen molar-refractivity contribution in [1.82, 2.24) is 9.97 Å². The fraction of sp³-hybridized carbons (Fsp3) is 0. The van der Waals surface area contributed by atoms with E-state index in [1.165, 1.54) is 0 Å². The van der Waals surface area contributed by atoms with Gasteiger partial charge in [0.15, 0.2) is 5.58 Å². The Bertz CT molecular complexity index is 442. The van der Waals surface area contributed by atoms with Crippen molar-refractivity contribution in [3.63, 3.8) is 0 Å². The van der Waals surface area contributed by atoms with E-state index in [4.69, 9.17) is 27.6 Å². The average molecular weight is 315 g/mol. The zero-order chi connectivity index (χ0) is 8.72. The molecule has 3 nitrogen and oxygen atoms in total. The second-order valence-corrected chi connectivity index (χ2v) is 3.92. The van der Waals surface area contributed by atoms with Gasteiger partial charge in [-0.15, -0.1) is 0 Å². The molecule has 0 radical (unpaired) electrons. The van der Waals surface area contributed by atoms with E-state index in [2.05, 4.69) is 32.6 Å². The number of rotatable bonds is 0. The number of hydrogen-bond acceptors (Lipinski definition) is 3. The number of oxazole rings is 1. The van der Waals surface area contributed by atoms with Crippen LogP contribution in [0.5, 0.6) is 0 Å². The van der Waals surface area contributed by atoms with Crippen molar-refractivity contribution in [3.05, 3.63) is 20.1 Å². The van der Waals surface area contributed by atoms with Crippen LogP contribution in [0.3, 0.4) is 0 Å². The van der Waals surface area contributed by atoms with Crippen LogP contribution in [-0.4, -0.2) is 9.97 Å². The van der Waals surface area contributed by atoms with Gasteiger partial charge in [-0.05, 0) is 40.3 Å². The minimum Gasteiger partial charge on any atom is -0.425 e. The first kappa shape index (κ1) is 8.52. The molecule has 0 N–H and O–H groups in total. The second kappa shape index (κ2) is 3.01. The number of hydrogen-bond donors (Lipinski definition) is 0. The normalized spacial score (nSPS) is 10.9. The van der Waals surface area contributed by atoms with E-state index in [1.807, 2.05) is 0 Å². The molecule has 0 spiro atoms. The molecule has 6 heteroatoms. The fourth-order valence-corrected chi connectivity index (χ4v) is 2.00. The highest BCUT2D eigenvalue weighted by molar-refractivity contribution is 14.1. The monoisotopic (exact) mass is 314 g/mol. The minimum atomic E-state index is 0.0812. The molecule has 0 bridgehead atoms. The van der Waals surface area contributed by atoms with Gasteiger partial charge in [-0.25, -0.2) is 4.98 Å². The summed E-state index contributed by atoms with van der Waals surface area (Å²) in [5.74, 6) is 0. The van der Waals surface area contributed by atoms with Gasteiger partial charge in [0.05, 0.1) is 3.57 Å². The van der Waals surface area contributed by atoms with Crippen molar-refractivity contribution in [2.45, 2.75) is 0 Å². The molecule has 2 rings (SSSR count). The summed E-state index contributed by atoms with van der Waals surface area (Å²) >= 11 is 13.3. The molecule has 0 saturated heterocycles. The van der Waals surface area contributed by atoms with Crippen molar-refractivity contribution < 1.29 is 4.42 Å². The van der Waals surface area contributed by atoms with Crippen LogP contribution in [0.1, 0.15) is 0 Å². The Balaban J connectivity index is 2.88. The summed E-state index contributed by atoms with van der Waals surface area (Å²) in [6.45, 7) is 0. The van der Waals surface area contributed by atoms with Crippen molar-refractivity contribution in [2.75, 3.05) is 0 Å². The van der Waals surface area contributed by atoms with Gasteiger partial charge in [-0.1, -0.05) is 11.6 Å². The standard InChI is InChI=1S/C6HCl2IN2O/c7-3-1-2(9)4-5(10-3)11-6(8)12-4/h1H. The largest absolute Gasteiger partial charge is 0.425 e. The third-order valence-electron chi connectivity index (χ3n) is 1.26. The number of halogens is 3. The molecule has 0 unspecified atom stereocenters. The van der Waals surface area contributed by atoms with Gasteiger partial charge in [-0.2, -0.15) is 4.98 Å². The lowest BCUT2D eigenvalue weighted by Crippen LogP contribution is -1.80. The molecule has 0 aliphatic heterocycles. The van der Waals surface area contributed by atoms with E-state index in [0.29, 0.717) is 16.4 Å². The Morgan fingerprint density at radius 3 is 2.83 bits per heavy atom. The van der Waals surface area contributed by atoms with E-state index in [1.54, 1.807) is 6.07 Å². The number of fused-ring (bicyclic) bond motifs is 1. The van der Waals surface area contributed by atoms with Crippen LogP contribution in [0.4, 0.5) is 0 Å². The lowest BCUT2D eigenvalue weighted by molar-refractivity contribution is 0.602. The molecule has 0 amide bonds. The smallest absolute Gasteiger partial charge is 0.294 e. The Kier molecular flexibility index (Phi) is 2.14. The lowest BCUT2D eigenvalue weighted by Gasteiger charge is -1.90. The minimum absolute atomic E-state index is 0.0812. The first-order valence-corrected chi connectivity index (χ1v) is 4.78. The molecule has 2 aromatic rings. The first-order chi connectivity index (χ1) is 5.66. The summed E-state index contributed by atoms with van der Waals surface area (Å²) in [7, 11) is 0. The van der Waals surface area contributed by atoms with Crippen molar-refractivity contribution in [3.8, 4) is 0 Å². The SMILES string of the molecule is Clc1cc(I)c2oc(Cl)nc2n1. The lowest BCUT2D eigenvalue weighted by atomic mass is 10.5. The molecule has 2 aromatic heterocycles.